The molecule has 0 radical (unpaired) electrons. The second-order valence-corrected chi connectivity index (χ2v) is 6.33. The highest BCUT2D eigenvalue weighted by molar-refractivity contribution is 7.94. The van der Waals surface area contributed by atoms with E-state index in [9.17, 15) is 4.79 Å². The Morgan fingerprint density at radius 3 is 2.61 bits per heavy atom. The molecule has 102 valence electrons. The average molecular weight is 310 g/mol. The molecule has 0 atom stereocenters. The SMILES string of the molecule is COc1cccc(C[S+](C)C)c1NC(=O)CCl.[Cl-]. The van der Waals surface area contributed by atoms with Crippen LogP contribution in [0.15, 0.2) is 18.2 Å². The number of methoxy groups -OCH3 is 1. The predicted octanol–water partition coefficient (Wildman–Crippen LogP) is -0.746. The lowest BCUT2D eigenvalue weighted by Crippen LogP contribution is -3.00. The standard InChI is InChI=1S/C12H16ClNO2S.ClH/c1-16-10-6-4-5-9(8-17(2)3)12(10)14-11(15)7-13;/h4-6H,7-8H2,1-3H3;1H. The van der Waals surface area contributed by atoms with E-state index >= 15 is 0 Å². The van der Waals surface area contributed by atoms with Crippen LogP contribution in [0.5, 0.6) is 5.75 Å². The molecule has 0 aromatic heterocycles. The van der Waals surface area contributed by atoms with E-state index in [4.69, 9.17) is 16.3 Å². The van der Waals surface area contributed by atoms with E-state index in [1.165, 1.54) is 0 Å². The number of carbonyl (C=O) groups is 1. The van der Waals surface area contributed by atoms with E-state index < -0.39 is 0 Å². The molecule has 0 bridgehead atoms. The van der Waals surface area contributed by atoms with Crippen LogP contribution in [0.4, 0.5) is 5.69 Å². The summed E-state index contributed by atoms with van der Waals surface area (Å²) < 4.78 is 5.26. The molecule has 0 unspecified atom stereocenters. The summed E-state index contributed by atoms with van der Waals surface area (Å²) in [6.45, 7) is 0. The third kappa shape index (κ3) is 4.96. The Morgan fingerprint density at radius 2 is 2.11 bits per heavy atom. The van der Waals surface area contributed by atoms with E-state index in [-0.39, 0.29) is 35.1 Å². The molecule has 0 aliphatic carbocycles. The Morgan fingerprint density at radius 1 is 1.44 bits per heavy atom. The van der Waals surface area contributed by atoms with Crippen molar-refractivity contribution in [3.8, 4) is 5.75 Å². The van der Waals surface area contributed by atoms with Gasteiger partial charge in [-0.1, -0.05) is 12.1 Å². The maximum Gasteiger partial charge on any atom is 0.239 e. The van der Waals surface area contributed by atoms with Gasteiger partial charge >= 0.3 is 0 Å². The van der Waals surface area contributed by atoms with Gasteiger partial charge in [0.2, 0.25) is 5.91 Å². The zero-order chi connectivity index (χ0) is 12.8. The quantitative estimate of drug-likeness (QED) is 0.574. The van der Waals surface area contributed by atoms with Crippen LogP contribution in [-0.2, 0) is 21.4 Å². The van der Waals surface area contributed by atoms with Crippen molar-refractivity contribution in [2.45, 2.75) is 5.75 Å². The smallest absolute Gasteiger partial charge is 0.239 e. The summed E-state index contributed by atoms with van der Waals surface area (Å²) in [5.41, 5.74) is 1.82. The van der Waals surface area contributed by atoms with E-state index in [0.29, 0.717) is 5.75 Å². The molecular formula is C12H17Cl2NO2S. The molecule has 6 heteroatoms. The van der Waals surface area contributed by atoms with Crippen molar-refractivity contribution in [3.63, 3.8) is 0 Å². The normalized spacial score (nSPS) is 9.83. The molecule has 0 saturated heterocycles. The fourth-order valence-corrected chi connectivity index (χ4v) is 2.42. The Balaban J connectivity index is 0.00000289. The lowest BCUT2D eigenvalue weighted by atomic mass is 10.2. The molecule has 0 aliphatic heterocycles. The maximum atomic E-state index is 11.4. The Hall–Kier alpha value is -0.580. The number of nitrogens with one attached hydrogen (secondary N) is 1. The number of alkyl halides is 1. The van der Waals surface area contributed by atoms with Crippen LogP contribution in [0, 0.1) is 0 Å². The number of hydrogen-bond acceptors (Lipinski definition) is 2. The third-order valence-corrected chi connectivity index (χ3v) is 3.29. The first-order chi connectivity index (χ1) is 8.08. The van der Waals surface area contributed by atoms with Crippen LogP contribution in [0.2, 0.25) is 0 Å². The van der Waals surface area contributed by atoms with Gasteiger partial charge < -0.3 is 22.5 Å². The molecule has 0 saturated carbocycles. The van der Waals surface area contributed by atoms with Gasteiger partial charge in [0.15, 0.2) is 0 Å². The molecular weight excluding hydrogens is 293 g/mol. The van der Waals surface area contributed by atoms with Crippen molar-refractivity contribution < 1.29 is 21.9 Å². The molecule has 0 fully saturated rings. The average Bonchev–Trinajstić information content (AvgIpc) is 2.30. The number of carbonyl (C=O) groups excluding carboxylic acids is 1. The predicted molar refractivity (Wildman–Crippen MR) is 75.3 cm³/mol. The van der Waals surface area contributed by atoms with Crippen molar-refractivity contribution in [1.29, 1.82) is 0 Å². The third-order valence-electron chi connectivity index (χ3n) is 2.16. The first-order valence-electron chi connectivity index (χ1n) is 5.14. The fourth-order valence-electron chi connectivity index (χ4n) is 1.49. The van der Waals surface area contributed by atoms with Crippen LogP contribution in [-0.4, -0.2) is 31.4 Å². The molecule has 18 heavy (non-hydrogen) atoms. The Bertz CT molecular complexity index is 400. The minimum absolute atomic E-state index is 0. The highest BCUT2D eigenvalue weighted by Crippen LogP contribution is 2.29. The summed E-state index contributed by atoms with van der Waals surface area (Å²) in [5.74, 6) is 1.31. The minimum Gasteiger partial charge on any atom is -1.00 e. The van der Waals surface area contributed by atoms with E-state index in [0.717, 1.165) is 17.0 Å². The summed E-state index contributed by atoms with van der Waals surface area (Å²) in [4.78, 5) is 11.4. The molecule has 0 aliphatic rings. The van der Waals surface area contributed by atoms with Gasteiger partial charge in [-0.3, -0.25) is 4.79 Å². The largest absolute Gasteiger partial charge is 1.00 e. The van der Waals surface area contributed by atoms with Gasteiger partial charge in [0.25, 0.3) is 0 Å². The number of amides is 1. The summed E-state index contributed by atoms with van der Waals surface area (Å²) in [6, 6.07) is 5.76. The van der Waals surface area contributed by atoms with Crippen molar-refractivity contribution in [1.82, 2.24) is 0 Å². The number of rotatable bonds is 5. The Kier molecular flexibility index (Phi) is 8.24. The van der Waals surface area contributed by atoms with Crippen LogP contribution in [0.1, 0.15) is 5.56 Å². The molecule has 1 rings (SSSR count). The van der Waals surface area contributed by atoms with Crippen molar-refractivity contribution in [3.05, 3.63) is 23.8 Å². The number of halogens is 2. The van der Waals surface area contributed by atoms with Crippen LogP contribution >= 0.6 is 11.6 Å². The highest BCUT2D eigenvalue weighted by atomic mass is 35.5. The highest BCUT2D eigenvalue weighted by Gasteiger charge is 2.15. The van der Waals surface area contributed by atoms with Crippen molar-refractivity contribution in [2.75, 3.05) is 30.8 Å². The number of ether oxygens (including phenoxy) is 1. The van der Waals surface area contributed by atoms with Crippen LogP contribution in [0.3, 0.4) is 0 Å². The fraction of sp³-hybridized carbons (Fsp3) is 0.417. The lowest BCUT2D eigenvalue weighted by molar-refractivity contribution is -0.113. The van der Waals surface area contributed by atoms with Crippen molar-refractivity contribution >= 4 is 34.1 Å². The van der Waals surface area contributed by atoms with E-state index in [1.54, 1.807) is 7.11 Å². The maximum absolute atomic E-state index is 11.4. The number of hydrogen-bond donors (Lipinski definition) is 1. The zero-order valence-electron chi connectivity index (χ0n) is 10.6. The lowest BCUT2D eigenvalue weighted by Gasteiger charge is -2.13. The molecule has 0 heterocycles. The number of anilines is 1. The van der Waals surface area contributed by atoms with Gasteiger partial charge in [-0.15, -0.1) is 11.6 Å². The summed E-state index contributed by atoms with van der Waals surface area (Å²) in [5, 5.41) is 2.79. The molecule has 1 aromatic rings. The van der Waals surface area contributed by atoms with Crippen LogP contribution < -0.4 is 22.5 Å². The van der Waals surface area contributed by atoms with Gasteiger partial charge in [0.05, 0.1) is 25.3 Å². The molecule has 1 aromatic carbocycles. The molecule has 3 nitrogen and oxygen atoms in total. The van der Waals surface area contributed by atoms with Gasteiger partial charge in [0.1, 0.15) is 17.4 Å². The van der Waals surface area contributed by atoms with Crippen molar-refractivity contribution in [2.24, 2.45) is 0 Å². The van der Waals surface area contributed by atoms with E-state index in [1.807, 2.05) is 18.2 Å². The number of para-hydroxylation sites is 1. The number of benzene rings is 1. The monoisotopic (exact) mass is 309 g/mol. The second-order valence-electron chi connectivity index (χ2n) is 3.81. The van der Waals surface area contributed by atoms with Gasteiger partial charge in [-0.05, 0) is 17.0 Å². The summed E-state index contributed by atoms with van der Waals surface area (Å²) >= 11 is 5.50. The second kappa shape index (κ2) is 8.51. The van der Waals surface area contributed by atoms with E-state index in [2.05, 4.69) is 17.8 Å². The molecule has 1 N–H and O–H groups in total. The zero-order valence-corrected chi connectivity index (χ0v) is 13.0. The van der Waals surface area contributed by atoms with Gasteiger partial charge in [-0.25, -0.2) is 0 Å². The van der Waals surface area contributed by atoms with Gasteiger partial charge in [-0.2, -0.15) is 0 Å². The minimum atomic E-state index is -0.218. The Labute approximate surface area is 122 Å². The molecule has 1 amide bonds. The first kappa shape index (κ1) is 17.4. The van der Waals surface area contributed by atoms with Crippen LogP contribution in [0.25, 0.3) is 0 Å². The first-order valence-corrected chi connectivity index (χ1v) is 7.88. The van der Waals surface area contributed by atoms with Gasteiger partial charge in [0, 0.05) is 5.56 Å². The summed E-state index contributed by atoms with van der Waals surface area (Å²) in [7, 11) is 1.85. The summed E-state index contributed by atoms with van der Waals surface area (Å²) in [6.07, 6.45) is 4.32. The topological polar surface area (TPSA) is 38.3 Å². The molecule has 0 spiro atoms.